The molecular formula is C23H37N5O3. The van der Waals surface area contributed by atoms with Crippen LogP contribution in [0.2, 0.25) is 0 Å². The number of nitrogens with one attached hydrogen (secondary N) is 2. The van der Waals surface area contributed by atoms with Gasteiger partial charge < -0.3 is 29.9 Å². The zero-order valence-corrected chi connectivity index (χ0v) is 18.9. The fourth-order valence-electron chi connectivity index (χ4n) is 4.07. The van der Waals surface area contributed by atoms with E-state index in [4.69, 9.17) is 14.5 Å². The van der Waals surface area contributed by atoms with Crippen LogP contribution in [-0.4, -0.2) is 82.4 Å². The number of piperidine rings is 1. The zero-order valence-electron chi connectivity index (χ0n) is 18.9. The normalized spacial score (nSPS) is 17.9. The van der Waals surface area contributed by atoms with Gasteiger partial charge in [0, 0.05) is 59.0 Å². The summed E-state index contributed by atoms with van der Waals surface area (Å²) >= 11 is 0. The number of carbonyl (C=O) groups excluding carboxylic acids is 1. The Labute approximate surface area is 186 Å². The maximum Gasteiger partial charge on any atom is 0.265 e. The molecule has 0 saturated carbocycles. The number of carbonyl (C=O) groups is 1. The smallest absolute Gasteiger partial charge is 0.265 e. The number of amides is 1. The Bertz CT molecular complexity index is 719. The average Bonchev–Trinajstić information content (AvgIpc) is 2.79. The summed E-state index contributed by atoms with van der Waals surface area (Å²) in [4.78, 5) is 21.4. The Balaban J connectivity index is 1.44. The van der Waals surface area contributed by atoms with Gasteiger partial charge in [-0.2, -0.15) is 0 Å². The predicted octanol–water partition coefficient (Wildman–Crippen LogP) is 1.86. The van der Waals surface area contributed by atoms with Crippen molar-refractivity contribution in [1.29, 1.82) is 0 Å². The van der Waals surface area contributed by atoms with Crippen molar-refractivity contribution in [3.63, 3.8) is 0 Å². The van der Waals surface area contributed by atoms with Crippen molar-refractivity contribution in [3.8, 4) is 5.75 Å². The highest BCUT2D eigenvalue weighted by molar-refractivity contribution is 5.97. The second-order valence-corrected chi connectivity index (χ2v) is 8.02. The third kappa shape index (κ3) is 7.11. The third-order valence-electron chi connectivity index (χ3n) is 5.71. The standard InChI is InChI=1S/C23H37N5O3/c1-3-24-23(26-19-10-15-27(16-11-19)13-7-17-30-2)25-12-6-14-28-20-8-4-5-9-21(20)31-18-22(28)29/h4-5,8-9,19H,3,6-7,10-18H2,1-2H3,(H2,24,25,26). The van der Waals surface area contributed by atoms with Crippen molar-refractivity contribution in [2.24, 2.45) is 4.99 Å². The van der Waals surface area contributed by atoms with E-state index in [1.807, 2.05) is 29.2 Å². The van der Waals surface area contributed by atoms with Gasteiger partial charge in [0.1, 0.15) is 5.75 Å². The van der Waals surface area contributed by atoms with Gasteiger partial charge in [-0.25, -0.2) is 0 Å². The Kier molecular flexibility index (Phi) is 9.42. The minimum absolute atomic E-state index is 0.00460. The molecular weight excluding hydrogens is 394 g/mol. The number of nitrogens with zero attached hydrogens (tertiary/aromatic N) is 3. The molecule has 0 spiro atoms. The van der Waals surface area contributed by atoms with Gasteiger partial charge >= 0.3 is 0 Å². The lowest BCUT2D eigenvalue weighted by Crippen LogP contribution is -2.49. The summed E-state index contributed by atoms with van der Waals surface area (Å²) in [5, 5.41) is 6.95. The highest BCUT2D eigenvalue weighted by Gasteiger charge is 2.24. The largest absolute Gasteiger partial charge is 0.482 e. The van der Waals surface area contributed by atoms with Gasteiger partial charge in [0.25, 0.3) is 5.91 Å². The number of guanidine groups is 1. The van der Waals surface area contributed by atoms with Crippen molar-refractivity contribution in [1.82, 2.24) is 15.5 Å². The molecule has 0 aliphatic carbocycles. The first-order chi connectivity index (χ1) is 15.2. The molecule has 8 heteroatoms. The molecule has 0 aromatic heterocycles. The molecule has 1 amide bonds. The highest BCUT2D eigenvalue weighted by Crippen LogP contribution is 2.31. The molecule has 172 valence electrons. The molecule has 1 fully saturated rings. The van der Waals surface area contributed by atoms with Crippen molar-refractivity contribution in [3.05, 3.63) is 24.3 Å². The Morgan fingerprint density at radius 1 is 1.23 bits per heavy atom. The second-order valence-electron chi connectivity index (χ2n) is 8.02. The number of anilines is 1. The number of aliphatic imine (C=N–C) groups is 1. The topological polar surface area (TPSA) is 78.4 Å². The summed E-state index contributed by atoms with van der Waals surface area (Å²) in [5.41, 5.74) is 0.852. The lowest BCUT2D eigenvalue weighted by Gasteiger charge is -2.33. The number of para-hydroxylation sites is 2. The zero-order chi connectivity index (χ0) is 21.9. The number of rotatable bonds is 10. The van der Waals surface area contributed by atoms with Crippen LogP contribution in [0.15, 0.2) is 29.3 Å². The van der Waals surface area contributed by atoms with Crippen LogP contribution in [0.4, 0.5) is 5.69 Å². The average molecular weight is 432 g/mol. The van der Waals surface area contributed by atoms with Crippen LogP contribution in [0.25, 0.3) is 0 Å². The molecule has 0 unspecified atom stereocenters. The van der Waals surface area contributed by atoms with Gasteiger partial charge in [-0.3, -0.25) is 9.79 Å². The molecule has 3 rings (SSSR count). The number of hydrogen-bond donors (Lipinski definition) is 2. The highest BCUT2D eigenvalue weighted by atomic mass is 16.5. The van der Waals surface area contributed by atoms with Crippen LogP contribution >= 0.6 is 0 Å². The van der Waals surface area contributed by atoms with Gasteiger partial charge in [-0.15, -0.1) is 0 Å². The Hall–Kier alpha value is -2.32. The lowest BCUT2D eigenvalue weighted by molar-refractivity contribution is -0.121. The summed E-state index contributed by atoms with van der Waals surface area (Å²) in [6.07, 6.45) is 4.14. The quantitative estimate of drug-likeness (QED) is 0.335. The molecule has 8 nitrogen and oxygen atoms in total. The van der Waals surface area contributed by atoms with Crippen molar-refractivity contribution < 1.29 is 14.3 Å². The fraction of sp³-hybridized carbons (Fsp3) is 0.652. The van der Waals surface area contributed by atoms with Crippen LogP contribution in [0.5, 0.6) is 5.75 Å². The minimum Gasteiger partial charge on any atom is -0.482 e. The van der Waals surface area contributed by atoms with E-state index in [9.17, 15) is 4.79 Å². The maximum atomic E-state index is 12.3. The first kappa shape index (κ1) is 23.3. The fourth-order valence-corrected chi connectivity index (χ4v) is 4.07. The number of methoxy groups -OCH3 is 1. The molecule has 0 radical (unpaired) electrons. The van der Waals surface area contributed by atoms with E-state index in [1.54, 1.807) is 7.11 Å². The summed E-state index contributed by atoms with van der Waals surface area (Å²) in [6, 6.07) is 8.15. The van der Waals surface area contributed by atoms with Gasteiger partial charge in [0.05, 0.1) is 5.69 Å². The van der Waals surface area contributed by atoms with Gasteiger partial charge in [-0.05, 0) is 44.7 Å². The Morgan fingerprint density at radius 2 is 2.03 bits per heavy atom. The van der Waals surface area contributed by atoms with E-state index in [-0.39, 0.29) is 12.5 Å². The molecule has 1 aromatic carbocycles. The predicted molar refractivity (Wildman–Crippen MR) is 124 cm³/mol. The SMILES string of the molecule is CCNC(=NCCCN1C(=O)COc2ccccc21)NC1CCN(CCCOC)CC1. The molecule has 0 atom stereocenters. The second kappa shape index (κ2) is 12.5. The number of fused-ring (bicyclic) bond motifs is 1. The number of ether oxygens (including phenoxy) is 2. The molecule has 31 heavy (non-hydrogen) atoms. The van der Waals surface area contributed by atoms with Crippen molar-refractivity contribution >= 4 is 17.6 Å². The van der Waals surface area contributed by atoms with E-state index >= 15 is 0 Å². The third-order valence-corrected chi connectivity index (χ3v) is 5.71. The van der Waals surface area contributed by atoms with Crippen LogP contribution in [0.1, 0.15) is 32.6 Å². The van der Waals surface area contributed by atoms with E-state index in [1.165, 1.54) is 0 Å². The molecule has 2 aliphatic heterocycles. The van der Waals surface area contributed by atoms with Crippen molar-refractivity contribution in [2.75, 3.05) is 64.5 Å². The molecule has 2 heterocycles. The number of likely N-dealkylation sites (tertiary alicyclic amines) is 1. The lowest BCUT2D eigenvalue weighted by atomic mass is 10.1. The van der Waals surface area contributed by atoms with Crippen LogP contribution in [-0.2, 0) is 9.53 Å². The first-order valence-corrected chi connectivity index (χ1v) is 11.5. The molecule has 0 bridgehead atoms. The van der Waals surface area contributed by atoms with Crippen molar-refractivity contribution in [2.45, 2.75) is 38.6 Å². The first-order valence-electron chi connectivity index (χ1n) is 11.5. The van der Waals surface area contributed by atoms with Crippen LogP contribution in [0.3, 0.4) is 0 Å². The molecule has 1 saturated heterocycles. The van der Waals surface area contributed by atoms with Gasteiger partial charge in [-0.1, -0.05) is 12.1 Å². The summed E-state index contributed by atoms with van der Waals surface area (Å²) in [7, 11) is 1.76. The number of hydrogen-bond acceptors (Lipinski definition) is 5. The maximum absolute atomic E-state index is 12.3. The van der Waals surface area contributed by atoms with E-state index < -0.39 is 0 Å². The molecule has 2 aliphatic rings. The van der Waals surface area contributed by atoms with Crippen LogP contribution in [0, 0.1) is 0 Å². The molecule has 2 N–H and O–H groups in total. The number of benzene rings is 1. The van der Waals surface area contributed by atoms with E-state index in [0.717, 1.165) is 75.9 Å². The summed E-state index contributed by atoms with van der Waals surface area (Å²) in [6.45, 7) is 8.48. The Morgan fingerprint density at radius 3 is 2.81 bits per heavy atom. The minimum atomic E-state index is 0.00460. The van der Waals surface area contributed by atoms with Gasteiger partial charge in [0.15, 0.2) is 12.6 Å². The van der Waals surface area contributed by atoms with E-state index in [0.29, 0.717) is 19.1 Å². The van der Waals surface area contributed by atoms with E-state index in [2.05, 4.69) is 22.5 Å². The molecule has 1 aromatic rings. The summed E-state index contributed by atoms with van der Waals surface area (Å²) < 4.78 is 10.7. The van der Waals surface area contributed by atoms with Crippen LogP contribution < -0.4 is 20.3 Å². The summed E-state index contributed by atoms with van der Waals surface area (Å²) in [5.74, 6) is 1.65. The van der Waals surface area contributed by atoms with Gasteiger partial charge in [0.2, 0.25) is 0 Å². The monoisotopic (exact) mass is 431 g/mol.